The monoisotopic (exact) mass is 924 g/mol. The molecule has 0 radical (unpaired) electrons. The van der Waals surface area contributed by atoms with Crippen molar-refractivity contribution in [2.45, 2.75) is 0 Å². The van der Waals surface area contributed by atoms with E-state index in [4.69, 9.17) is 55.7 Å². The predicted octanol–water partition coefficient (Wildman–Crippen LogP) is -9.27. The van der Waals surface area contributed by atoms with E-state index in [0.717, 1.165) is 0 Å². The van der Waals surface area contributed by atoms with Crippen LogP contribution in [-0.2, 0) is 26.6 Å². The molecule has 14 nitrogen and oxygen atoms in total. The Bertz CT molecular complexity index is 218. The van der Waals surface area contributed by atoms with Gasteiger partial charge in [-0.1, -0.05) is 0 Å². The van der Waals surface area contributed by atoms with E-state index in [1.165, 1.54) is 0 Å². The number of hydrogen-bond acceptors (Lipinski definition) is 7. The molecule has 0 amide bonds. The van der Waals surface area contributed by atoms with Gasteiger partial charge in [0.15, 0.2) is 0 Å². The zero-order chi connectivity index (χ0) is 18.9. The maximum atomic E-state index is 8.57. The van der Waals surface area contributed by atoms with Gasteiger partial charge in [0.1, 0.15) is 0 Å². The van der Waals surface area contributed by atoms with Crippen molar-refractivity contribution in [3.05, 3.63) is 0 Å². The number of rotatable bonds is 0. The van der Waals surface area contributed by atoms with Crippen molar-refractivity contribution in [2.75, 3.05) is 0 Å². The van der Waals surface area contributed by atoms with Crippen LogP contribution >= 0.6 is 0 Å². The van der Waals surface area contributed by atoms with Gasteiger partial charge in [-0.25, -0.2) is 0 Å². The van der Waals surface area contributed by atoms with E-state index in [2.05, 4.69) is 0 Å². The molecule has 0 spiro atoms. The van der Waals surface area contributed by atoms with E-state index < -0.39 is 108 Å². The fourth-order valence-electron chi connectivity index (χ4n) is 0. The summed E-state index contributed by atoms with van der Waals surface area (Å²) in [6.45, 7) is 0. The predicted molar refractivity (Wildman–Crippen MR) is 156 cm³/mol. The standard InChI is InChI=1S/7Al.12Ca.7H2O.7O.24H/h;;;;;;;;;;;;;;;;;;;7*1H2;;;;;;;;;;;;;;;;;;;;;;;;;;;;;;;/q7*+1;12*+2;;;;;;;;;;;;;;;24*-1/p-7. The van der Waals surface area contributed by atoms with Crippen LogP contribution in [0.1, 0.15) is 34.2 Å². The molecule has 160 valence electrons. The van der Waals surface area contributed by atoms with E-state index in [9.17, 15) is 0 Å². The van der Waals surface area contributed by atoms with Gasteiger partial charge in [-0.15, -0.1) is 0 Å². The third kappa shape index (κ3) is 396. The van der Waals surface area contributed by atoms with Gasteiger partial charge >= 0.3 is 617 Å². The summed E-state index contributed by atoms with van der Waals surface area (Å²) in [4.78, 5) is 0. The Morgan fingerprint density at radius 2 is 0.242 bits per heavy atom. The van der Waals surface area contributed by atoms with E-state index in [1.54, 1.807) is 0 Å². The quantitative estimate of drug-likeness (QED) is 0.112. The van der Waals surface area contributed by atoms with Gasteiger partial charge in [-0.2, -0.15) is 0 Å². The van der Waals surface area contributed by atoms with Crippen LogP contribution in [0.4, 0.5) is 0 Å². The minimum atomic E-state index is -1.50. The van der Waals surface area contributed by atoms with E-state index in [1.807, 2.05) is 0 Å². The van der Waals surface area contributed by atoms with Crippen molar-refractivity contribution in [3.63, 3.8) is 0 Å². The summed E-state index contributed by atoms with van der Waals surface area (Å²) >= 11 is -10.5. The van der Waals surface area contributed by atoms with Crippen LogP contribution in [0.15, 0.2) is 0 Å². The van der Waals surface area contributed by atoms with Crippen LogP contribution in [0, 0.1) is 0 Å². The van der Waals surface area contributed by atoms with Crippen molar-refractivity contribution < 1.29 is 90.0 Å². The molecule has 0 aromatic rings. The first-order valence-corrected chi connectivity index (χ1v) is 10.4. The summed E-state index contributed by atoms with van der Waals surface area (Å²) in [5, 5.41) is 0. The van der Waals surface area contributed by atoms with Gasteiger partial charge in [0.2, 0.25) is 0 Å². The van der Waals surface area contributed by atoms with Gasteiger partial charge in [0.05, 0.1) is 0 Å². The van der Waals surface area contributed by atoms with Gasteiger partial charge in [-0.3, -0.25) is 0 Å². The molecular weight excluding hydrogens is 894 g/mol. The first kappa shape index (κ1) is 125. The molecule has 33 heteroatoms. The Balaban J connectivity index is -0.000000000885. The topological polar surface area (TPSA) is 261 Å². The molecule has 0 fully saturated rings. The Morgan fingerprint density at radius 3 is 0.242 bits per heavy atom. The molecular formula is H31Al7Ca12O14. The minimum absolute atomic E-state index is 0. The summed E-state index contributed by atoms with van der Waals surface area (Å²) < 4.78 is 110. The molecule has 0 aromatic heterocycles. The third-order valence-corrected chi connectivity index (χ3v) is 0. The molecule has 0 aliphatic heterocycles. The summed E-state index contributed by atoms with van der Waals surface area (Å²) in [7, 11) is 0. The van der Waals surface area contributed by atoms with E-state index in [-0.39, 0.29) is 487 Å². The van der Waals surface area contributed by atoms with Crippen LogP contribution in [-0.4, -0.2) is 590 Å². The first-order valence-electron chi connectivity index (χ1n) is 3.46. The molecule has 0 saturated carbocycles. The second kappa shape index (κ2) is 200. The Hall–Kier alpha value is 16.0. The molecule has 0 unspecified atom stereocenters. The molecule has 0 bridgehead atoms. The van der Waals surface area contributed by atoms with Crippen LogP contribution in [0.25, 0.3) is 0 Å². The van der Waals surface area contributed by atoms with Crippen LogP contribution < -0.4 is 0 Å². The van der Waals surface area contributed by atoms with E-state index in [0.29, 0.717) is 0 Å². The zero-order valence-electron chi connectivity index (χ0n) is 42.5. The van der Waals surface area contributed by atoms with Crippen LogP contribution in [0.2, 0.25) is 0 Å². The summed E-state index contributed by atoms with van der Waals surface area (Å²) in [6.07, 6.45) is 0. The van der Waals surface area contributed by atoms with Crippen LogP contribution in [0.3, 0.4) is 0 Å². The Labute approximate surface area is 631 Å². The number of hydrogen-bond donors (Lipinski definition) is 7. The van der Waals surface area contributed by atoms with Gasteiger partial charge in [-0.05, 0) is 0 Å². The molecule has 7 N–H and O–H groups in total. The fraction of sp³-hybridized carbons (Fsp3) is 0. The molecule has 0 aromatic carbocycles. The molecule has 0 aliphatic carbocycles. The van der Waals surface area contributed by atoms with Gasteiger partial charge in [0.25, 0.3) is 0 Å². The van der Waals surface area contributed by atoms with Crippen molar-refractivity contribution >= 4 is 561 Å². The molecule has 0 rings (SSSR count). The Morgan fingerprint density at radius 1 is 0.242 bits per heavy atom. The fourth-order valence-corrected chi connectivity index (χ4v) is 0. The van der Waals surface area contributed by atoms with Gasteiger partial charge < -0.3 is 34.2 Å². The van der Waals surface area contributed by atoms with Gasteiger partial charge in [0, 0.05) is 0 Å². The molecule has 0 aliphatic rings. The normalized spacial score (nSPS) is 1.70. The van der Waals surface area contributed by atoms with Crippen molar-refractivity contribution in [1.29, 1.82) is 0 Å². The average Bonchev–Trinajstić information content (AvgIpc) is 2.35. The molecule has 0 saturated heterocycles. The van der Waals surface area contributed by atoms with Crippen LogP contribution in [0.5, 0.6) is 0 Å². The van der Waals surface area contributed by atoms with Crippen molar-refractivity contribution in [1.82, 2.24) is 0 Å². The SMILES string of the molecule is [Ca+2].[Ca+2].[Ca+2].[Ca+2].[Ca+2].[Ca+2].[Ca+2].[Ca+2].[Ca+2].[Ca+2].[Ca+2].[Ca+2].[H-].[H-].[H-].[H-].[H-].[H-].[H-].[H-].[H-].[H-].[H-].[H-].[H-].[H-].[H-].[H-].[H-].[H-].[H-].[H-].[H-].[H-].[H-].[H-].[O]=[Al][OH].[O]=[Al][OH].[O]=[Al][OH].[O]=[Al][OH].[O]=[Al][OH].[O]=[Al][OH].[O]=[Al][OH]. The third-order valence-electron chi connectivity index (χ3n) is 0. The second-order valence-corrected chi connectivity index (χ2v) is 2.21. The van der Waals surface area contributed by atoms with E-state index >= 15 is 0 Å². The average molecular weight is 925 g/mol. The summed E-state index contributed by atoms with van der Waals surface area (Å²) in [5.74, 6) is 0. The summed E-state index contributed by atoms with van der Waals surface area (Å²) in [6, 6.07) is 0. The zero-order valence-corrected chi connectivity index (χ0v) is 53.1. The molecule has 33 heavy (non-hydrogen) atoms. The first-order chi connectivity index (χ1) is 9.90. The maximum absolute atomic E-state index is 8.57. The second-order valence-electron chi connectivity index (χ2n) is 0.738. The summed E-state index contributed by atoms with van der Waals surface area (Å²) in [5.41, 5.74) is 0. The molecule has 0 atom stereocenters. The van der Waals surface area contributed by atoms with Crippen molar-refractivity contribution in [2.24, 2.45) is 0 Å². The van der Waals surface area contributed by atoms with Crippen molar-refractivity contribution in [3.8, 4) is 0 Å². The molecule has 0 heterocycles. The Kier molecular flexibility index (Phi) is 761.